The van der Waals surface area contributed by atoms with Crippen LogP contribution in [0.1, 0.15) is 30.5 Å². The van der Waals surface area contributed by atoms with Crippen molar-refractivity contribution in [1.29, 1.82) is 0 Å². The molecule has 0 spiro atoms. The molecule has 2 N–H and O–H groups in total. The Morgan fingerprint density at radius 1 is 1.27 bits per heavy atom. The van der Waals surface area contributed by atoms with Crippen molar-refractivity contribution in [3.8, 4) is 0 Å². The molecule has 2 aliphatic rings. The number of aromatic amines is 2. The van der Waals surface area contributed by atoms with Gasteiger partial charge in [0, 0.05) is 37.4 Å². The number of hydrogen-bond acceptors (Lipinski definition) is 4. The Balaban J connectivity index is 1.44. The zero-order valence-electron chi connectivity index (χ0n) is 12.7. The second-order valence-electron chi connectivity index (χ2n) is 5.92. The first-order valence-electron chi connectivity index (χ1n) is 7.99. The third kappa shape index (κ3) is 3.59. The standard InChI is InChI=1S/C15H23N3O4/c19-14(10-21-9-11-3-1-2-8-22-11)18-6-4-12-13(5-7-18)16-17-15(12)20/h11H,1-10H2,(H2,16,17,20)/t11-/m1/s1. The van der Waals surface area contributed by atoms with Crippen LogP contribution in [0.25, 0.3) is 0 Å². The van der Waals surface area contributed by atoms with Gasteiger partial charge < -0.3 is 19.5 Å². The van der Waals surface area contributed by atoms with Crippen molar-refractivity contribution in [3.63, 3.8) is 0 Å². The van der Waals surface area contributed by atoms with Gasteiger partial charge in [-0.3, -0.25) is 14.7 Å². The van der Waals surface area contributed by atoms with Gasteiger partial charge in [-0.2, -0.15) is 0 Å². The molecule has 122 valence electrons. The van der Waals surface area contributed by atoms with Gasteiger partial charge >= 0.3 is 0 Å². The topological polar surface area (TPSA) is 87.4 Å². The van der Waals surface area contributed by atoms with Crippen LogP contribution in [0.5, 0.6) is 0 Å². The smallest absolute Gasteiger partial charge is 0.267 e. The second kappa shape index (κ2) is 7.11. The summed E-state index contributed by atoms with van der Waals surface area (Å²) >= 11 is 0. The fourth-order valence-corrected chi connectivity index (χ4v) is 3.06. The summed E-state index contributed by atoms with van der Waals surface area (Å²) < 4.78 is 11.1. The molecule has 1 fully saturated rings. The highest BCUT2D eigenvalue weighted by Gasteiger charge is 2.22. The van der Waals surface area contributed by atoms with Crippen LogP contribution >= 0.6 is 0 Å². The van der Waals surface area contributed by atoms with E-state index >= 15 is 0 Å². The van der Waals surface area contributed by atoms with Crippen molar-refractivity contribution in [2.75, 3.05) is 32.9 Å². The van der Waals surface area contributed by atoms with Crippen LogP contribution in [0.3, 0.4) is 0 Å². The van der Waals surface area contributed by atoms with Crippen molar-refractivity contribution in [2.24, 2.45) is 0 Å². The zero-order chi connectivity index (χ0) is 15.4. The summed E-state index contributed by atoms with van der Waals surface area (Å²) in [5.74, 6) is -0.0163. The quantitative estimate of drug-likeness (QED) is 0.832. The van der Waals surface area contributed by atoms with E-state index in [1.54, 1.807) is 4.90 Å². The van der Waals surface area contributed by atoms with Gasteiger partial charge in [0.2, 0.25) is 5.91 Å². The molecule has 0 aromatic carbocycles. The molecule has 7 nitrogen and oxygen atoms in total. The number of nitrogens with zero attached hydrogens (tertiary/aromatic N) is 1. The number of rotatable bonds is 4. The first kappa shape index (κ1) is 15.3. The summed E-state index contributed by atoms with van der Waals surface area (Å²) in [5.41, 5.74) is 1.61. The molecule has 2 aliphatic heterocycles. The van der Waals surface area contributed by atoms with Crippen LogP contribution in [0.15, 0.2) is 4.79 Å². The minimum atomic E-state index is -0.0741. The number of ether oxygens (including phenoxy) is 2. The molecule has 0 unspecified atom stereocenters. The predicted octanol–water partition coefficient (Wildman–Crippen LogP) is 0.216. The molecule has 0 bridgehead atoms. The van der Waals surface area contributed by atoms with Gasteiger partial charge in [0.1, 0.15) is 6.61 Å². The molecule has 1 saturated heterocycles. The largest absolute Gasteiger partial charge is 0.376 e. The molecule has 1 aromatic heterocycles. The summed E-state index contributed by atoms with van der Waals surface area (Å²) in [5, 5.41) is 5.49. The van der Waals surface area contributed by atoms with Crippen LogP contribution in [0.4, 0.5) is 0 Å². The number of carbonyl (C=O) groups is 1. The predicted molar refractivity (Wildman–Crippen MR) is 79.8 cm³/mol. The molecule has 22 heavy (non-hydrogen) atoms. The van der Waals surface area contributed by atoms with E-state index in [1.165, 1.54) is 6.42 Å². The molecular formula is C15H23N3O4. The third-order valence-electron chi connectivity index (χ3n) is 4.38. The number of nitrogens with one attached hydrogen (secondary N) is 2. The van der Waals surface area contributed by atoms with Gasteiger partial charge in [0.05, 0.1) is 12.7 Å². The molecule has 1 amide bonds. The van der Waals surface area contributed by atoms with Crippen LogP contribution in [0.2, 0.25) is 0 Å². The number of H-pyrrole nitrogens is 2. The molecule has 1 atom stereocenters. The Morgan fingerprint density at radius 2 is 2.14 bits per heavy atom. The van der Waals surface area contributed by atoms with Gasteiger partial charge in [0.15, 0.2) is 0 Å². The second-order valence-corrected chi connectivity index (χ2v) is 5.92. The molecule has 0 saturated carbocycles. The Hall–Kier alpha value is -1.60. The molecule has 1 aromatic rings. The molecule has 0 aliphatic carbocycles. The summed E-state index contributed by atoms with van der Waals surface area (Å²) in [6, 6.07) is 0. The summed E-state index contributed by atoms with van der Waals surface area (Å²) in [6.45, 7) is 2.54. The summed E-state index contributed by atoms with van der Waals surface area (Å²) in [6.07, 6.45) is 4.68. The highest BCUT2D eigenvalue weighted by atomic mass is 16.5. The average molecular weight is 309 g/mol. The van der Waals surface area contributed by atoms with Gasteiger partial charge in [-0.1, -0.05) is 0 Å². The van der Waals surface area contributed by atoms with Gasteiger partial charge in [-0.25, -0.2) is 0 Å². The number of aromatic nitrogens is 2. The highest BCUT2D eigenvalue weighted by molar-refractivity contribution is 5.77. The molecule has 7 heteroatoms. The number of carbonyl (C=O) groups excluding carboxylic acids is 1. The first-order valence-corrected chi connectivity index (χ1v) is 7.99. The van der Waals surface area contributed by atoms with Crippen molar-refractivity contribution in [3.05, 3.63) is 21.6 Å². The normalized spacial score (nSPS) is 22.2. The lowest BCUT2D eigenvalue weighted by atomic mass is 10.1. The van der Waals surface area contributed by atoms with Crippen molar-refractivity contribution >= 4 is 5.91 Å². The monoisotopic (exact) mass is 309 g/mol. The molecular weight excluding hydrogens is 286 g/mol. The van der Waals surface area contributed by atoms with Crippen LogP contribution in [0, 0.1) is 0 Å². The fraction of sp³-hybridized carbons (Fsp3) is 0.733. The maximum Gasteiger partial charge on any atom is 0.267 e. The van der Waals surface area contributed by atoms with E-state index in [0.717, 1.165) is 30.7 Å². The van der Waals surface area contributed by atoms with Gasteiger partial charge in [-0.05, 0) is 25.7 Å². The maximum atomic E-state index is 12.2. The van der Waals surface area contributed by atoms with Gasteiger partial charge in [0.25, 0.3) is 5.56 Å². The minimum absolute atomic E-state index is 0.0163. The van der Waals surface area contributed by atoms with E-state index < -0.39 is 0 Å². The van der Waals surface area contributed by atoms with Crippen molar-refractivity contribution in [2.45, 2.75) is 38.2 Å². The van der Waals surface area contributed by atoms with Crippen molar-refractivity contribution in [1.82, 2.24) is 15.1 Å². The lowest BCUT2D eigenvalue weighted by Crippen LogP contribution is -2.37. The Bertz CT molecular complexity index is 559. The third-order valence-corrected chi connectivity index (χ3v) is 4.38. The SMILES string of the molecule is O=C(COC[C@H]1CCCCO1)N1CCc2[nH][nH]c(=O)c2CC1. The first-order chi connectivity index (χ1) is 10.7. The highest BCUT2D eigenvalue weighted by Crippen LogP contribution is 2.13. The van der Waals surface area contributed by atoms with E-state index in [9.17, 15) is 9.59 Å². The maximum absolute atomic E-state index is 12.2. The lowest BCUT2D eigenvalue weighted by Gasteiger charge is -2.24. The summed E-state index contributed by atoms with van der Waals surface area (Å²) in [7, 11) is 0. The average Bonchev–Trinajstić information content (AvgIpc) is 2.76. The zero-order valence-corrected chi connectivity index (χ0v) is 12.7. The van der Waals surface area contributed by atoms with E-state index in [4.69, 9.17) is 9.47 Å². The Morgan fingerprint density at radius 3 is 2.95 bits per heavy atom. The van der Waals surface area contributed by atoms with Crippen LogP contribution in [-0.2, 0) is 27.1 Å². The fourth-order valence-electron chi connectivity index (χ4n) is 3.06. The van der Waals surface area contributed by atoms with E-state index in [2.05, 4.69) is 10.2 Å². The van der Waals surface area contributed by atoms with Crippen LogP contribution in [-0.4, -0.2) is 60.0 Å². The molecule has 0 radical (unpaired) electrons. The number of amides is 1. The Kier molecular flexibility index (Phi) is 4.94. The van der Waals surface area contributed by atoms with Crippen LogP contribution < -0.4 is 5.56 Å². The minimum Gasteiger partial charge on any atom is -0.376 e. The molecule has 3 rings (SSSR count). The summed E-state index contributed by atoms with van der Waals surface area (Å²) in [4.78, 5) is 25.6. The van der Waals surface area contributed by atoms with Gasteiger partial charge in [-0.15, -0.1) is 0 Å². The molecule has 3 heterocycles. The van der Waals surface area contributed by atoms with E-state index in [0.29, 0.717) is 32.5 Å². The number of hydrogen-bond donors (Lipinski definition) is 2. The van der Waals surface area contributed by atoms with E-state index in [1.807, 2.05) is 0 Å². The van der Waals surface area contributed by atoms with E-state index in [-0.39, 0.29) is 24.2 Å². The number of fused-ring (bicyclic) bond motifs is 1. The lowest BCUT2D eigenvalue weighted by molar-refractivity contribution is -0.138. The Labute approximate surface area is 129 Å². The van der Waals surface area contributed by atoms with Crippen molar-refractivity contribution < 1.29 is 14.3 Å².